The van der Waals surface area contributed by atoms with Gasteiger partial charge in [-0.3, -0.25) is 4.72 Å². The zero-order chi connectivity index (χ0) is 16.5. The van der Waals surface area contributed by atoms with Crippen LogP contribution < -0.4 is 4.72 Å². The number of hydrogen-bond acceptors (Lipinski definition) is 2. The van der Waals surface area contributed by atoms with Crippen LogP contribution in [0, 0.1) is 20.8 Å². The molecule has 0 aliphatic carbocycles. The highest BCUT2D eigenvalue weighted by Gasteiger charge is 2.20. The van der Waals surface area contributed by atoms with Crippen LogP contribution in [0.2, 0.25) is 0 Å². The van der Waals surface area contributed by atoms with E-state index < -0.39 is 10.0 Å². The first-order valence-corrected chi connectivity index (χ1v) is 8.90. The summed E-state index contributed by atoms with van der Waals surface area (Å²) in [5.41, 5.74) is 4.31. The van der Waals surface area contributed by atoms with E-state index in [0.29, 0.717) is 10.6 Å². The van der Waals surface area contributed by atoms with Gasteiger partial charge in [-0.25, -0.2) is 8.42 Å². The summed E-state index contributed by atoms with van der Waals surface area (Å²) in [6.45, 7) is 9.75. The third kappa shape index (κ3) is 3.33. The van der Waals surface area contributed by atoms with E-state index in [1.807, 2.05) is 51.1 Å². The monoisotopic (exact) mass is 317 g/mol. The lowest BCUT2D eigenvalue weighted by Crippen LogP contribution is -2.16. The SMILES string of the molecule is Cc1ccc(C)c(S(=O)(=O)Nc2c(C)cccc2C(C)C)c1. The van der Waals surface area contributed by atoms with E-state index >= 15 is 0 Å². The molecule has 0 heterocycles. The van der Waals surface area contributed by atoms with Crippen LogP contribution in [0.3, 0.4) is 0 Å². The Morgan fingerprint density at radius 1 is 0.955 bits per heavy atom. The zero-order valence-corrected chi connectivity index (χ0v) is 14.6. The molecule has 2 rings (SSSR count). The molecule has 0 bridgehead atoms. The molecule has 2 aromatic carbocycles. The number of hydrogen-bond donors (Lipinski definition) is 1. The van der Waals surface area contributed by atoms with Gasteiger partial charge >= 0.3 is 0 Å². The van der Waals surface area contributed by atoms with Crippen molar-refractivity contribution in [3.8, 4) is 0 Å². The molecule has 0 aliphatic heterocycles. The first-order valence-electron chi connectivity index (χ1n) is 7.42. The number of nitrogens with one attached hydrogen (secondary N) is 1. The minimum absolute atomic E-state index is 0.246. The second kappa shape index (κ2) is 6.13. The highest BCUT2D eigenvalue weighted by molar-refractivity contribution is 7.92. The van der Waals surface area contributed by atoms with Crippen LogP contribution in [-0.4, -0.2) is 8.42 Å². The molecule has 118 valence electrons. The minimum atomic E-state index is -3.60. The predicted octanol–water partition coefficient (Wildman–Crippen LogP) is 4.54. The maximum Gasteiger partial charge on any atom is 0.262 e. The number of sulfonamides is 1. The third-order valence-corrected chi connectivity index (χ3v) is 5.29. The fraction of sp³-hybridized carbons (Fsp3) is 0.333. The molecule has 0 saturated carbocycles. The number of rotatable bonds is 4. The van der Waals surface area contributed by atoms with E-state index in [1.54, 1.807) is 6.07 Å². The molecular formula is C18H23NO2S. The fourth-order valence-corrected chi connectivity index (χ4v) is 3.99. The van der Waals surface area contributed by atoms with Gasteiger partial charge in [0.05, 0.1) is 10.6 Å². The van der Waals surface area contributed by atoms with Gasteiger partial charge in [0.1, 0.15) is 0 Å². The van der Waals surface area contributed by atoms with Gasteiger partial charge in [-0.2, -0.15) is 0 Å². The van der Waals surface area contributed by atoms with E-state index in [4.69, 9.17) is 0 Å². The largest absolute Gasteiger partial charge is 0.279 e. The molecule has 0 aliphatic rings. The Morgan fingerprint density at radius 2 is 1.64 bits per heavy atom. The summed E-state index contributed by atoms with van der Waals surface area (Å²) < 4.78 is 28.4. The van der Waals surface area contributed by atoms with Crippen LogP contribution in [0.5, 0.6) is 0 Å². The second-order valence-corrected chi connectivity index (χ2v) is 7.72. The summed E-state index contributed by atoms with van der Waals surface area (Å²) in [4.78, 5) is 0.338. The maximum absolute atomic E-state index is 12.8. The summed E-state index contributed by atoms with van der Waals surface area (Å²) in [6, 6.07) is 11.3. The van der Waals surface area contributed by atoms with Crippen molar-refractivity contribution in [1.29, 1.82) is 0 Å². The molecule has 0 fully saturated rings. The molecule has 3 nitrogen and oxygen atoms in total. The fourth-order valence-electron chi connectivity index (χ4n) is 2.50. The highest BCUT2D eigenvalue weighted by Crippen LogP contribution is 2.30. The molecule has 0 atom stereocenters. The molecule has 22 heavy (non-hydrogen) atoms. The van der Waals surface area contributed by atoms with Gasteiger partial charge in [0.25, 0.3) is 10.0 Å². The van der Waals surface area contributed by atoms with Crippen LogP contribution in [0.25, 0.3) is 0 Å². The molecule has 0 amide bonds. The van der Waals surface area contributed by atoms with Crippen molar-refractivity contribution in [2.24, 2.45) is 0 Å². The molecule has 4 heteroatoms. The standard InChI is InChI=1S/C18H23NO2S/c1-12(2)16-8-6-7-15(5)18(16)19-22(20,21)17-11-13(3)9-10-14(17)4/h6-12,19H,1-5H3. The third-order valence-electron chi connectivity index (χ3n) is 3.80. The normalized spacial score (nSPS) is 11.7. The molecule has 0 radical (unpaired) electrons. The van der Waals surface area contributed by atoms with E-state index in [2.05, 4.69) is 18.6 Å². The quantitative estimate of drug-likeness (QED) is 0.900. The van der Waals surface area contributed by atoms with Crippen molar-refractivity contribution in [3.05, 3.63) is 58.7 Å². The van der Waals surface area contributed by atoms with E-state index in [-0.39, 0.29) is 5.92 Å². The lowest BCUT2D eigenvalue weighted by Gasteiger charge is -2.18. The van der Waals surface area contributed by atoms with Crippen LogP contribution in [0.15, 0.2) is 41.3 Å². The topological polar surface area (TPSA) is 46.2 Å². The molecule has 0 saturated heterocycles. The van der Waals surface area contributed by atoms with Gasteiger partial charge in [0, 0.05) is 0 Å². The summed E-state index contributed by atoms with van der Waals surface area (Å²) in [6.07, 6.45) is 0. The Labute approximate surface area is 133 Å². The molecule has 0 unspecified atom stereocenters. The predicted molar refractivity (Wildman–Crippen MR) is 92.0 cm³/mol. The van der Waals surface area contributed by atoms with Gasteiger partial charge in [-0.15, -0.1) is 0 Å². The number of anilines is 1. The average Bonchev–Trinajstić information content (AvgIpc) is 2.43. The minimum Gasteiger partial charge on any atom is -0.279 e. The summed E-state index contributed by atoms with van der Waals surface area (Å²) in [7, 11) is -3.60. The average molecular weight is 317 g/mol. The maximum atomic E-state index is 12.8. The summed E-state index contributed by atoms with van der Waals surface area (Å²) >= 11 is 0. The van der Waals surface area contributed by atoms with Crippen LogP contribution in [-0.2, 0) is 10.0 Å². The summed E-state index contributed by atoms with van der Waals surface area (Å²) in [5, 5.41) is 0. The summed E-state index contributed by atoms with van der Waals surface area (Å²) in [5.74, 6) is 0.246. The van der Waals surface area contributed by atoms with E-state index in [0.717, 1.165) is 22.3 Å². The highest BCUT2D eigenvalue weighted by atomic mass is 32.2. The Hall–Kier alpha value is -1.81. The first kappa shape index (κ1) is 16.6. The van der Waals surface area contributed by atoms with Crippen LogP contribution >= 0.6 is 0 Å². The van der Waals surface area contributed by atoms with Crippen molar-refractivity contribution < 1.29 is 8.42 Å². The van der Waals surface area contributed by atoms with Crippen molar-refractivity contribution in [1.82, 2.24) is 0 Å². The Kier molecular flexibility index (Phi) is 4.61. The van der Waals surface area contributed by atoms with Gasteiger partial charge in [0.15, 0.2) is 0 Å². The number of benzene rings is 2. The molecule has 1 N–H and O–H groups in total. The van der Waals surface area contributed by atoms with Gasteiger partial charge < -0.3 is 0 Å². The Morgan fingerprint density at radius 3 is 2.27 bits per heavy atom. The zero-order valence-electron chi connectivity index (χ0n) is 13.8. The second-order valence-electron chi connectivity index (χ2n) is 6.07. The first-order chi connectivity index (χ1) is 10.2. The molecular weight excluding hydrogens is 294 g/mol. The van der Waals surface area contributed by atoms with E-state index in [9.17, 15) is 8.42 Å². The van der Waals surface area contributed by atoms with Crippen LogP contribution in [0.1, 0.15) is 42.0 Å². The lowest BCUT2D eigenvalue weighted by atomic mass is 9.99. The van der Waals surface area contributed by atoms with Crippen molar-refractivity contribution in [2.45, 2.75) is 45.4 Å². The molecule has 2 aromatic rings. The number of aryl methyl sites for hydroxylation is 3. The molecule has 0 aromatic heterocycles. The number of para-hydroxylation sites is 1. The van der Waals surface area contributed by atoms with Gasteiger partial charge in [-0.05, 0) is 55.0 Å². The van der Waals surface area contributed by atoms with Gasteiger partial charge in [0.2, 0.25) is 0 Å². The smallest absolute Gasteiger partial charge is 0.262 e. The van der Waals surface area contributed by atoms with E-state index in [1.165, 1.54) is 0 Å². The van der Waals surface area contributed by atoms with Crippen molar-refractivity contribution in [2.75, 3.05) is 4.72 Å². The molecule has 0 spiro atoms. The Balaban J connectivity index is 2.53. The van der Waals surface area contributed by atoms with Gasteiger partial charge in [-0.1, -0.05) is 44.2 Å². The lowest BCUT2D eigenvalue weighted by molar-refractivity contribution is 0.600. The Bertz CT molecular complexity index is 793. The van der Waals surface area contributed by atoms with Crippen molar-refractivity contribution in [3.63, 3.8) is 0 Å². The van der Waals surface area contributed by atoms with Crippen molar-refractivity contribution >= 4 is 15.7 Å². The van der Waals surface area contributed by atoms with Crippen LogP contribution in [0.4, 0.5) is 5.69 Å².